The van der Waals surface area contributed by atoms with Crippen LogP contribution in [0.1, 0.15) is 53.7 Å². The monoisotopic (exact) mass is 703 g/mol. The van der Waals surface area contributed by atoms with E-state index in [1.54, 1.807) is 50.2 Å². The molecule has 3 aromatic carbocycles. The predicted molar refractivity (Wildman–Crippen MR) is 184 cm³/mol. The quantitative estimate of drug-likeness (QED) is 0.0170. The number of carbonyl (C=O) groups excluding carboxylic acids is 4. The van der Waals surface area contributed by atoms with E-state index < -0.39 is 46.9 Å². The molecule has 0 fully saturated rings. The fraction of sp³-hybridized carbons (Fsp3) is 0.303. The Kier molecular flexibility index (Phi) is 14.3. The first-order valence-electron chi connectivity index (χ1n) is 15.6. The van der Waals surface area contributed by atoms with Crippen molar-refractivity contribution in [3.05, 3.63) is 110 Å². The lowest BCUT2D eigenvalue weighted by Crippen LogP contribution is -2.54. The van der Waals surface area contributed by atoms with Crippen molar-refractivity contribution < 1.29 is 38.7 Å². The minimum Gasteiger partial charge on any atom is -0.449 e. The minimum absolute atomic E-state index is 0.0640. The maximum absolute atomic E-state index is 13.5. The molecule has 0 saturated carbocycles. The van der Waals surface area contributed by atoms with E-state index in [2.05, 4.69) is 31.3 Å². The fourth-order valence-electron chi connectivity index (χ4n) is 4.85. The zero-order chi connectivity index (χ0) is 37.5. The summed E-state index contributed by atoms with van der Waals surface area (Å²) in [7, 11) is 0. The standard InChI is InChI=1S/C33H37N9O9/c1-19(2)28(40-29(43)22-9-5-21(6-10-22)18-37-41-35)31(45)39-26(4-3-15-36-32(34)46)30(44)38-24-11-7-20(8-12-24)16-23-17-25(42(49)50)13-14-27(23)51-33(47)48/h5-14,17,19,26,28H,3-4,15-16,18H2,1-2H3,(H,38,44)(H,39,45)(H,40,43)(H,47,48)(H3,34,36,46)/t26-,28-/m0/s1. The molecule has 0 aliphatic heterocycles. The number of nitro benzene ring substituents is 1. The molecule has 0 saturated heterocycles. The van der Waals surface area contributed by atoms with Crippen molar-refractivity contribution in [3.8, 4) is 5.75 Å². The van der Waals surface area contributed by atoms with Crippen LogP contribution in [-0.2, 0) is 22.6 Å². The number of ether oxygens (including phenoxy) is 1. The third kappa shape index (κ3) is 12.4. The smallest absolute Gasteiger partial charge is 0.449 e. The van der Waals surface area contributed by atoms with Gasteiger partial charge >= 0.3 is 12.2 Å². The lowest BCUT2D eigenvalue weighted by atomic mass is 10.0. The van der Waals surface area contributed by atoms with E-state index in [1.165, 1.54) is 24.3 Å². The Labute approximate surface area is 291 Å². The molecule has 0 bridgehead atoms. The summed E-state index contributed by atoms with van der Waals surface area (Å²) in [5.41, 5.74) is 15.6. The average molecular weight is 704 g/mol. The van der Waals surface area contributed by atoms with Crippen LogP contribution < -0.4 is 31.7 Å². The SMILES string of the molecule is CC(C)[C@H](NC(=O)c1ccc(CN=[N+]=[N-])cc1)C(=O)N[C@@H](CCCNC(N)=O)C(=O)Nc1ccc(Cc2cc([N+](=O)[O-])ccc2OC(=O)O)cc1. The Morgan fingerprint density at radius 2 is 1.65 bits per heavy atom. The number of azide groups is 1. The molecule has 0 aliphatic carbocycles. The van der Waals surface area contributed by atoms with Gasteiger partial charge in [-0.1, -0.05) is 43.2 Å². The molecule has 18 nitrogen and oxygen atoms in total. The zero-order valence-electron chi connectivity index (χ0n) is 27.7. The van der Waals surface area contributed by atoms with Gasteiger partial charge in [0.05, 0.1) is 11.5 Å². The van der Waals surface area contributed by atoms with Gasteiger partial charge in [-0.2, -0.15) is 0 Å². The number of anilines is 1. The number of benzene rings is 3. The minimum atomic E-state index is -1.58. The topological polar surface area (TPSA) is 281 Å². The van der Waals surface area contributed by atoms with Gasteiger partial charge < -0.3 is 36.8 Å². The summed E-state index contributed by atoms with van der Waals surface area (Å²) in [5, 5.41) is 34.4. The normalized spacial score (nSPS) is 11.7. The second kappa shape index (κ2) is 18.8. The van der Waals surface area contributed by atoms with Crippen molar-refractivity contribution in [2.75, 3.05) is 11.9 Å². The summed E-state index contributed by atoms with van der Waals surface area (Å²) in [4.78, 5) is 75.6. The number of rotatable bonds is 17. The summed E-state index contributed by atoms with van der Waals surface area (Å²) >= 11 is 0. The van der Waals surface area contributed by atoms with Crippen LogP contribution >= 0.6 is 0 Å². The number of non-ortho nitro benzene ring substituents is 1. The number of primary amides is 1. The van der Waals surface area contributed by atoms with Crippen molar-refractivity contribution in [3.63, 3.8) is 0 Å². The summed E-state index contributed by atoms with van der Waals surface area (Å²) in [5.74, 6) is -2.18. The van der Waals surface area contributed by atoms with E-state index in [9.17, 15) is 34.1 Å². The predicted octanol–water partition coefficient (Wildman–Crippen LogP) is 4.38. The first-order valence-corrected chi connectivity index (χ1v) is 15.6. The largest absolute Gasteiger partial charge is 0.511 e. The molecule has 51 heavy (non-hydrogen) atoms. The van der Waals surface area contributed by atoms with Gasteiger partial charge in [-0.3, -0.25) is 24.5 Å². The highest BCUT2D eigenvalue weighted by Gasteiger charge is 2.29. The molecule has 0 aliphatic rings. The number of amides is 5. The Morgan fingerprint density at radius 3 is 2.24 bits per heavy atom. The second-order valence-corrected chi connectivity index (χ2v) is 11.6. The molecule has 18 heteroatoms. The molecular weight excluding hydrogens is 666 g/mol. The van der Waals surface area contributed by atoms with Crippen molar-refractivity contribution in [2.45, 2.75) is 51.7 Å². The van der Waals surface area contributed by atoms with E-state index in [0.717, 1.165) is 6.07 Å². The zero-order valence-corrected chi connectivity index (χ0v) is 27.7. The number of carboxylic acid groups (broad SMARTS) is 1. The number of urea groups is 1. The van der Waals surface area contributed by atoms with E-state index >= 15 is 0 Å². The van der Waals surface area contributed by atoms with Crippen LogP contribution in [0.2, 0.25) is 0 Å². The van der Waals surface area contributed by atoms with Gasteiger partial charge in [-0.15, -0.1) is 0 Å². The van der Waals surface area contributed by atoms with Crippen LogP contribution in [0.15, 0.2) is 71.8 Å². The molecule has 0 radical (unpaired) electrons. The summed E-state index contributed by atoms with van der Waals surface area (Å²) < 4.78 is 4.77. The lowest BCUT2D eigenvalue weighted by Gasteiger charge is -2.25. The third-order valence-corrected chi connectivity index (χ3v) is 7.44. The molecule has 0 unspecified atom stereocenters. The Balaban J connectivity index is 1.74. The van der Waals surface area contributed by atoms with Gasteiger partial charge in [-0.25, -0.2) is 9.59 Å². The van der Waals surface area contributed by atoms with Crippen molar-refractivity contribution in [1.29, 1.82) is 0 Å². The summed E-state index contributed by atoms with van der Waals surface area (Å²) in [6, 6.07) is 13.4. The molecular formula is C33H37N9O9. The van der Waals surface area contributed by atoms with Gasteiger partial charge in [0, 0.05) is 46.8 Å². The Morgan fingerprint density at radius 1 is 0.980 bits per heavy atom. The molecule has 2 atom stereocenters. The van der Waals surface area contributed by atoms with Crippen molar-refractivity contribution >= 4 is 41.3 Å². The summed E-state index contributed by atoms with van der Waals surface area (Å²) in [6.07, 6.45) is -1.13. The Hall–Kier alpha value is -6.68. The molecule has 0 spiro atoms. The number of carbonyl (C=O) groups is 5. The number of nitrogens with two attached hydrogens (primary N) is 1. The van der Waals surface area contributed by atoms with Crippen LogP contribution in [0.3, 0.4) is 0 Å². The highest BCUT2D eigenvalue weighted by molar-refractivity contribution is 6.00. The molecule has 5 amide bonds. The fourth-order valence-corrected chi connectivity index (χ4v) is 4.85. The first-order chi connectivity index (χ1) is 24.3. The number of nitrogens with one attached hydrogen (secondary N) is 4. The van der Waals surface area contributed by atoms with Crippen molar-refractivity contribution in [2.24, 2.45) is 16.8 Å². The van der Waals surface area contributed by atoms with Gasteiger partial charge in [0.25, 0.3) is 11.6 Å². The third-order valence-electron chi connectivity index (χ3n) is 7.44. The van der Waals surface area contributed by atoms with Crippen LogP contribution in [-0.4, -0.2) is 58.6 Å². The van der Waals surface area contributed by atoms with Crippen molar-refractivity contribution in [1.82, 2.24) is 16.0 Å². The molecule has 7 N–H and O–H groups in total. The number of nitrogens with zero attached hydrogens (tertiary/aromatic N) is 4. The Bertz CT molecular complexity index is 1790. The van der Waals surface area contributed by atoms with E-state index in [0.29, 0.717) is 16.8 Å². The molecule has 268 valence electrons. The van der Waals surface area contributed by atoms with Gasteiger partial charge in [-0.05, 0) is 65.7 Å². The average Bonchev–Trinajstić information content (AvgIpc) is 3.08. The molecule has 3 rings (SSSR count). The maximum atomic E-state index is 13.5. The lowest BCUT2D eigenvalue weighted by molar-refractivity contribution is -0.384. The van der Waals surface area contributed by atoms with Gasteiger partial charge in [0.1, 0.15) is 17.8 Å². The van der Waals surface area contributed by atoms with Gasteiger partial charge in [0.15, 0.2) is 0 Å². The van der Waals surface area contributed by atoms with E-state index in [-0.39, 0.29) is 60.8 Å². The second-order valence-electron chi connectivity index (χ2n) is 11.6. The van der Waals surface area contributed by atoms with E-state index in [4.69, 9.17) is 21.1 Å². The van der Waals surface area contributed by atoms with Crippen LogP contribution in [0.4, 0.5) is 21.0 Å². The number of nitro groups is 1. The first kappa shape index (κ1) is 38.8. The van der Waals surface area contributed by atoms with Gasteiger partial charge in [0.2, 0.25) is 11.8 Å². The highest BCUT2D eigenvalue weighted by atomic mass is 16.7. The van der Waals surface area contributed by atoms with Crippen LogP contribution in [0.25, 0.3) is 10.4 Å². The van der Waals surface area contributed by atoms with E-state index in [1.807, 2.05) is 0 Å². The summed E-state index contributed by atoms with van der Waals surface area (Å²) in [6.45, 7) is 3.70. The molecule has 3 aromatic rings. The number of hydrogen-bond acceptors (Lipinski definition) is 9. The van der Waals surface area contributed by atoms with Crippen LogP contribution in [0, 0.1) is 16.0 Å². The highest BCUT2D eigenvalue weighted by Crippen LogP contribution is 2.27. The molecule has 0 heterocycles. The number of hydrogen-bond donors (Lipinski definition) is 6. The van der Waals surface area contributed by atoms with Crippen LogP contribution in [0.5, 0.6) is 5.75 Å². The molecule has 0 aromatic heterocycles. The maximum Gasteiger partial charge on any atom is 0.511 e.